The van der Waals surface area contributed by atoms with Gasteiger partial charge in [0, 0.05) is 6.04 Å². The SMILES string of the molecule is NC1CCCc2cc3c(cc21)CCC3. The van der Waals surface area contributed by atoms with E-state index in [9.17, 15) is 0 Å². The van der Waals surface area contributed by atoms with Crippen molar-refractivity contribution in [1.82, 2.24) is 0 Å². The number of fused-ring (bicyclic) bond motifs is 2. The number of hydrogen-bond acceptors (Lipinski definition) is 1. The normalized spacial score (nSPS) is 24.5. The summed E-state index contributed by atoms with van der Waals surface area (Å²) in [6, 6.07) is 5.13. The first-order valence-electron chi connectivity index (χ1n) is 5.75. The number of benzene rings is 1. The lowest BCUT2D eigenvalue weighted by Crippen LogP contribution is -2.17. The van der Waals surface area contributed by atoms with E-state index in [1.807, 2.05) is 0 Å². The van der Waals surface area contributed by atoms with Crippen LogP contribution in [-0.4, -0.2) is 0 Å². The molecule has 0 amide bonds. The topological polar surface area (TPSA) is 26.0 Å². The highest BCUT2D eigenvalue weighted by molar-refractivity contribution is 5.43. The average Bonchev–Trinajstić information content (AvgIpc) is 2.62. The van der Waals surface area contributed by atoms with Gasteiger partial charge in [0.1, 0.15) is 0 Å². The summed E-state index contributed by atoms with van der Waals surface area (Å²) in [7, 11) is 0. The van der Waals surface area contributed by atoms with Gasteiger partial charge in [-0.3, -0.25) is 0 Å². The Bertz CT molecular complexity index is 368. The van der Waals surface area contributed by atoms with Crippen molar-refractivity contribution in [1.29, 1.82) is 0 Å². The maximum absolute atomic E-state index is 6.14. The molecule has 1 heteroatoms. The molecule has 3 rings (SSSR count). The van der Waals surface area contributed by atoms with Crippen LogP contribution in [0.1, 0.15) is 47.6 Å². The molecule has 0 bridgehead atoms. The summed E-state index contributed by atoms with van der Waals surface area (Å²) < 4.78 is 0. The summed E-state index contributed by atoms with van der Waals surface area (Å²) in [5, 5.41) is 0. The molecule has 14 heavy (non-hydrogen) atoms. The Labute approximate surface area is 85.3 Å². The van der Waals surface area contributed by atoms with Gasteiger partial charge in [-0.15, -0.1) is 0 Å². The summed E-state index contributed by atoms with van der Waals surface area (Å²) in [4.78, 5) is 0. The lowest BCUT2D eigenvalue weighted by atomic mass is 9.86. The van der Waals surface area contributed by atoms with E-state index in [0.717, 1.165) is 0 Å². The first kappa shape index (κ1) is 8.49. The van der Waals surface area contributed by atoms with Crippen molar-refractivity contribution in [2.45, 2.75) is 44.6 Å². The van der Waals surface area contributed by atoms with E-state index < -0.39 is 0 Å². The van der Waals surface area contributed by atoms with E-state index in [-0.39, 0.29) is 0 Å². The molecule has 1 unspecified atom stereocenters. The highest BCUT2D eigenvalue weighted by Crippen LogP contribution is 2.33. The van der Waals surface area contributed by atoms with Crippen LogP contribution in [-0.2, 0) is 19.3 Å². The second-order valence-electron chi connectivity index (χ2n) is 4.67. The van der Waals surface area contributed by atoms with Crippen LogP contribution in [0.5, 0.6) is 0 Å². The Morgan fingerprint density at radius 2 is 1.64 bits per heavy atom. The van der Waals surface area contributed by atoms with Crippen molar-refractivity contribution in [2.24, 2.45) is 5.73 Å². The molecule has 1 aromatic carbocycles. The predicted molar refractivity (Wildman–Crippen MR) is 58.3 cm³/mol. The van der Waals surface area contributed by atoms with Crippen LogP contribution >= 0.6 is 0 Å². The van der Waals surface area contributed by atoms with Crippen molar-refractivity contribution in [3.05, 3.63) is 34.4 Å². The zero-order valence-electron chi connectivity index (χ0n) is 8.55. The number of rotatable bonds is 0. The number of hydrogen-bond donors (Lipinski definition) is 1. The first-order valence-corrected chi connectivity index (χ1v) is 5.75. The van der Waals surface area contributed by atoms with Gasteiger partial charge in [0.25, 0.3) is 0 Å². The average molecular weight is 187 g/mol. The fourth-order valence-electron chi connectivity index (χ4n) is 2.92. The molecule has 0 spiro atoms. The third-order valence-electron chi connectivity index (χ3n) is 3.71. The first-order chi connectivity index (χ1) is 6.84. The lowest BCUT2D eigenvalue weighted by Gasteiger charge is -2.23. The molecule has 0 saturated carbocycles. The zero-order valence-corrected chi connectivity index (χ0v) is 8.55. The van der Waals surface area contributed by atoms with Gasteiger partial charge in [0.2, 0.25) is 0 Å². The minimum Gasteiger partial charge on any atom is -0.324 e. The minimum atomic E-state index is 0.310. The predicted octanol–water partition coefficient (Wildman–Crippen LogP) is 2.51. The zero-order chi connectivity index (χ0) is 9.54. The summed E-state index contributed by atoms with van der Waals surface area (Å²) in [5.74, 6) is 0. The molecule has 0 aromatic heterocycles. The monoisotopic (exact) mass is 187 g/mol. The molecule has 2 aliphatic rings. The Morgan fingerprint density at radius 1 is 0.929 bits per heavy atom. The Morgan fingerprint density at radius 3 is 2.50 bits per heavy atom. The van der Waals surface area contributed by atoms with Gasteiger partial charge >= 0.3 is 0 Å². The molecule has 2 N–H and O–H groups in total. The van der Waals surface area contributed by atoms with Crippen LogP contribution < -0.4 is 5.73 Å². The molecule has 0 saturated heterocycles. The van der Waals surface area contributed by atoms with Gasteiger partial charge in [-0.05, 0) is 60.8 Å². The molecule has 0 fully saturated rings. The lowest BCUT2D eigenvalue weighted by molar-refractivity contribution is 0.569. The van der Waals surface area contributed by atoms with Crippen LogP contribution in [0.25, 0.3) is 0 Å². The van der Waals surface area contributed by atoms with Crippen LogP contribution in [0, 0.1) is 0 Å². The number of aryl methyl sites for hydroxylation is 3. The molecule has 74 valence electrons. The molecular formula is C13H17N. The molecule has 2 aliphatic carbocycles. The quantitative estimate of drug-likeness (QED) is 0.663. The summed E-state index contributed by atoms with van der Waals surface area (Å²) in [6.45, 7) is 0. The number of nitrogens with two attached hydrogens (primary N) is 1. The molecule has 0 radical (unpaired) electrons. The van der Waals surface area contributed by atoms with E-state index in [0.29, 0.717) is 6.04 Å². The van der Waals surface area contributed by atoms with Crippen molar-refractivity contribution in [3.8, 4) is 0 Å². The Hall–Kier alpha value is -0.820. The van der Waals surface area contributed by atoms with Crippen LogP contribution in [0.3, 0.4) is 0 Å². The van der Waals surface area contributed by atoms with Crippen LogP contribution in [0.2, 0.25) is 0 Å². The molecule has 1 atom stereocenters. The highest BCUT2D eigenvalue weighted by atomic mass is 14.6. The summed E-state index contributed by atoms with van der Waals surface area (Å²) in [6.07, 6.45) is 7.59. The largest absolute Gasteiger partial charge is 0.324 e. The fraction of sp³-hybridized carbons (Fsp3) is 0.538. The molecular weight excluding hydrogens is 170 g/mol. The molecule has 1 aromatic rings. The van der Waals surface area contributed by atoms with Crippen molar-refractivity contribution in [2.75, 3.05) is 0 Å². The van der Waals surface area contributed by atoms with E-state index in [4.69, 9.17) is 5.73 Å². The van der Waals surface area contributed by atoms with Crippen molar-refractivity contribution in [3.63, 3.8) is 0 Å². The van der Waals surface area contributed by atoms with E-state index in [1.165, 1.54) is 49.7 Å². The van der Waals surface area contributed by atoms with Crippen molar-refractivity contribution >= 4 is 0 Å². The molecule has 1 nitrogen and oxygen atoms in total. The van der Waals surface area contributed by atoms with Crippen molar-refractivity contribution < 1.29 is 0 Å². The summed E-state index contributed by atoms with van der Waals surface area (Å²) in [5.41, 5.74) is 12.3. The highest BCUT2D eigenvalue weighted by Gasteiger charge is 2.20. The van der Waals surface area contributed by atoms with Gasteiger partial charge in [-0.2, -0.15) is 0 Å². The third kappa shape index (κ3) is 1.19. The molecule has 0 aliphatic heterocycles. The second-order valence-corrected chi connectivity index (χ2v) is 4.67. The molecule has 0 heterocycles. The van der Waals surface area contributed by atoms with Crippen LogP contribution in [0.15, 0.2) is 12.1 Å². The smallest absolute Gasteiger partial charge is 0.0297 e. The van der Waals surface area contributed by atoms with Gasteiger partial charge in [0.15, 0.2) is 0 Å². The van der Waals surface area contributed by atoms with Gasteiger partial charge in [0.05, 0.1) is 0 Å². The maximum atomic E-state index is 6.14. The Kier molecular flexibility index (Phi) is 1.88. The van der Waals surface area contributed by atoms with Crippen LogP contribution in [0.4, 0.5) is 0 Å². The maximum Gasteiger partial charge on any atom is 0.0297 e. The third-order valence-corrected chi connectivity index (χ3v) is 3.71. The summed E-state index contributed by atoms with van der Waals surface area (Å²) >= 11 is 0. The van der Waals surface area contributed by atoms with Gasteiger partial charge in [-0.25, -0.2) is 0 Å². The minimum absolute atomic E-state index is 0.310. The van der Waals surface area contributed by atoms with E-state index >= 15 is 0 Å². The van der Waals surface area contributed by atoms with Gasteiger partial charge in [-0.1, -0.05) is 12.1 Å². The fourth-order valence-corrected chi connectivity index (χ4v) is 2.92. The Balaban J connectivity index is 2.12. The van der Waals surface area contributed by atoms with E-state index in [2.05, 4.69) is 12.1 Å². The standard InChI is InChI=1S/C13H17N/c14-13-6-2-5-11-7-9-3-1-4-10(9)8-12(11)13/h7-8,13H,1-6,14H2. The second kappa shape index (κ2) is 3.09. The van der Waals surface area contributed by atoms with E-state index in [1.54, 1.807) is 11.1 Å². The van der Waals surface area contributed by atoms with Gasteiger partial charge < -0.3 is 5.73 Å².